The van der Waals surface area contributed by atoms with E-state index in [1.807, 2.05) is 0 Å². The number of carboxylic acid groups (broad SMARTS) is 1. The molecule has 0 saturated carbocycles. The molecule has 2 rings (SSSR count). The predicted octanol–water partition coefficient (Wildman–Crippen LogP) is 2.13. The number of carbonyl (C=O) groups is 3. The lowest BCUT2D eigenvalue weighted by atomic mass is 10.1. The molecule has 0 bridgehead atoms. The molecule has 1 aromatic rings. The van der Waals surface area contributed by atoms with Crippen LogP contribution in [0.3, 0.4) is 0 Å². The molecule has 7 heteroatoms. The largest absolute Gasteiger partial charge is 0.493 e. The molecule has 7 nitrogen and oxygen atoms in total. The molecule has 0 aromatic heterocycles. The molecule has 136 valence electrons. The van der Waals surface area contributed by atoms with Crippen LogP contribution in [0.1, 0.15) is 43.0 Å². The van der Waals surface area contributed by atoms with Crippen molar-refractivity contribution in [3.05, 3.63) is 23.8 Å². The van der Waals surface area contributed by atoms with Crippen LogP contribution in [0.4, 0.5) is 0 Å². The highest BCUT2D eigenvalue weighted by atomic mass is 16.5. The smallest absolute Gasteiger partial charge is 0.326 e. The van der Waals surface area contributed by atoms with Gasteiger partial charge >= 0.3 is 5.97 Å². The lowest BCUT2D eigenvalue weighted by molar-refractivity contribution is -0.148. The van der Waals surface area contributed by atoms with Gasteiger partial charge in [-0.2, -0.15) is 0 Å². The van der Waals surface area contributed by atoms with Crippen molar-refractivity contribution in [2.24, 2.45) is 0 Å². The Morgan fingerprint density at radius 3 is 2.68 bits per heavy atom. The molecular formula is C18H23NO6. The van der Waals surface area contributed by atoms with Gasteiger partial charge in [-0.15, -0.1) is 0 Å². The Balaban J connectivity index is 1.84. The Morgan fingerprint density at radius 2 is 2.04 bits per heavy atom. The van der Waals surface area contributed by atoms with Crippen LogP contribution in [0.25, 0.3) is 0 Å². The van der Waals surface area contributed by atoms with Gasteiger partial charge in [-0.05, 0) is 44.4 Å². The first kappa shape index (κ1) is 18.8. The summed E-state index contributed by atoms with van der Waals surface area (Å²) in [6.07, 6.45) is 1.94. The molecule has 1 aromatic carbocycles. The fourth-order valence-corrected chi connectivity index (χ4v) is 2.88. The van der Waals surface area contributed by atoms with Crippen molar-refractivity contribution in [2.45, 2.75) is 38.6 Å². The van der Waals surface area contributed by atoms with Crippen molar-refractivity contribution in [1.82, 2.24) is 4.90 Å². The Kier molecular flexibility index (Phi) is 6.38. The van der Waals surface area contributed by atoms with Gasteiger partial charge < -0.3 is 19.5 Å². The van der Waals surface area contributed by atoms with E-state index in [0.717, 1.165) is 6.42 Å². The average molecular weight is 349 g/mol. The fraction of sp³-hybridized carbons (Fsp3) is 0.500. The zero-order valence-corrected chi connectivity index (χ0v) is 14.5. The third-order valence-corrected chi connectivity index (χ3v) is 4.22. The van der Waals surface area contributed by atoms with Gasteiger partial charge in [0, 0.05) is 18.5 Å². The maximum absolute atomic E-state index is 12.2. The highest BCUT2D eigenvalue weighted by molar-refractivity contribution is 5.94. The number of likely N-dealkylation sites (tertiary alicyclic amines) is 1. The topological polar surface area (TPSA) is 93.1 Å². The fourth-order valence-electron chi connectivity index (χ4n) is 2.88. The normalized spacial score (nSPS) is 16.6. The van der Waals surface area contributed by atoms with Gasteiger partial charge in [-0.1, -0.05) is 0 Å². The minimum absolute atomic E-state index is 0.0611. The van der Waals surface area contributed by atoms with Gasteiger partial charge in [-0.3, -0.25) is 9.59 Å². The first-order chi connectivity index (χ1) is 11.9. The second-order valence-electron chi connectivity index (χ2n) is 5.96. The maximum Gasteiger partial charge on any atom is 0.326 e. The third-order valence-electron chi connectivity index (χ3n) is 4.22. The number of hydrogen-bond donors (Lipinski definition) is 1. The quantitative estimate of drug-likeness (QED) is 0.571. The minimum atomic E-state index is -0.947. The third kappa shape index (κ3) is 4.71. The molecule has 1 aliphatic rings. The van der Waals surface area contributed by atoms with E-state index < -0.39 is 12.0 Å². The number of rotatable bonds is 8. The molecule has 0 aliphatic carbocycles. The number of carbonyl (C=O) groups excluding carboxylic acids is 2. The van der Waals surface area contributed by atoms with Crippen LogP contribution in [0.5, 0.6) is 11.5 Å². The summed E-state index contributed by atoms with van der Waals surface area (Å²) >= 11 is 0. The molecule has 1 amide bonds. The summed E-state index contributed by atoms with van der Waals surface area (Å²) in [5.41, 5.74) is 0.535. The molecule has 0 radical (unpaired) electrons. The van der Waals surface area contributed by atoms with E-state index in [2.05, 4.69) is 0 Å². The highest BCUT2D eigenvalue weighted by Crippen LogP contribution is 2.28. The number of nitrogens with zero attached hydrogens (tertiary/aromatic N) is 1. The molecule has 25 heavy (non-hydrogen) atoms. The summed E-state index contributed by atoms with van der Waals surface area (Å²) in [5.74, 6) is -0.201. The number of benzene rings is 1. The number of ether oxygens (including phenoxy) is 2. The molecule has 0 unspecified atom stereocenters. The number of hydrogen-bond acceptors (Lipinski definition) is 5. The molecule has 1 N–H and O–H groups in total. The zero-order valence-electron chi connectivity index (χ0n) is 14.5. The molecule has 0 spiro atoms. The van der Waals surface area contributed by atoms with Crippen LogP contribution in [0.2, 0.25) is 0 Å². The van der Waals surface area contributed by atoms with E-state index in [-0.39, 0.29) is 18.1 Å². The summed E-state index contributed by atoms with van der Waals surface area (Å²) in [4.78, 5) is 36.1. The number of Topliss-reactive ketones (excluding diaryl/α,β-unsaturated/α-hetero) is 1. The lowest BCUT2D eigenvalue weighted by Gasteiger charge is -2.21. The van der Waals surface area contributed by atoms with Crippen molar-refractivity contribution in [3.63, 3.8) is 0 Å². The number of amides is 1. The van der Waals surface area contributed by atoms with Crippen LogP contribution in [-0.4, -0.2) is 54.0 Å². The number of ketones is 1. The molecule has 1 fully saturated rings. The molecule has 1 atom stereocenters. The van der Waals surface area contributed by atoms with E-state index in [1.165, 1.54) is 18.9 Å². The van der Waals surface area contributed by atoms with Gasteiger partial charge in [0.15, 0.2) is 17.3 Å². The first-order valence-corrected chi connectivity index (χ1v) is 8.28. The highest BCUT2D eigenvalue weighted by Gasteiger charge is 2.33. The molecule has 1 aliphatic heterocycles. The van der Waals surface area contributed by atoms with Crippen LogP contribution in [-0.2, 0) is 9.59 Å². The van der Waals surface area contributed by atoms with Crippen molar-refractivity contribution < 1.29 is 29.0 Å². The Hall–Kier alpha value is -2.57. The van der Waals surface area contributed by atoms with Crippen LogP contribution >= 0.6 is 0 Å². The van der Waals surface area contributed by atoms with Gasteiger partial charge in [0.05, 0.1) is 13.7 Å². The van der Waals surface area contributed by atoms with Crippen molar-refractivity contribution in [3.8, 4) is 11.5 Å². The Bertz CT molecular complexity index is 657. The van der Waals surface area contributed by atoms with Gasteiger partial charge in [0.25, 0.3) is 0 Å². The maximum atomic E-state index is 12.2. The van der Waals surface area contributed by atoms with Crippen LogP contribution < -0.4 is 9.47 Å². The monoisotopic (exact) mass is 349 g/mol. The number of aliphatic carboxylic acids is 1. The zero-order chi connectivity index (χ0) is 18.4. The predicted molar refractivity (Wildman–Crippen MR) is 90.1 cm³/mol. The molecule has 1 saturated heterocycles. The van der Waals surface area contributed by atoms with Crippen LogP contribution in [0.15, 0.2) is 18.2 Å². The van der Waals surface area contributed by atoms with Gasteiger partial charge in [0.2, 0.25) is 5.91 Å². The average Bonchev–Trinajstić information content (AvgIpc) is 3.08. The van der Waals surface area contributed by atoms with E-state index >= 15 is 0 Å². The summed E-state index contributed by atoms with van der Waals surface area (Å²) in [7, 11) is 1.50. The summed E-state index contributed by atoms with van der Waals surface area (Å²) < 4.78 is 10.8. The summed E-state index contributed by atoms with van der Waals surface area (Å²) in [5, 5.41) is 9.12. The number of carboxylic acids is 1. The van der Waals surface area contributed by atoms with E-state index in [9.17, 15) is 14.4 Å². The molecular weight excluding hydrogens is 326 g/mol. The Labute approximate surface area is 146 Å². The molecule has 1 heterocycles. The minimum Gasteiger partial charge on any atom is -0.493 e. The lowest BCUT2D eigenvalue weighted by Crippen LogP contribution is -2.40. The van der Waals surface area contributed by atoms with Gasteiger partial charge in [0.1, 0.15) is 6.04 Å². The second kappa shape index (κ2) is 8.50. The van der Waals surface area contributed by atoms with Crippen molar-refractivity contribution in [2.75, 3.05) is 20.3 Å². The van der Waals surface area contributed by atoms with E-state index in [1.54, 1.807) is 18.2 Å². The van der Waals surface area contributed by atoms with Crippen molar-refractivity contribution >= 4 is 17.7 Å². The van der Waals surface area contributed by atoms with Gasteiger partial charge in [-0.25, -0.2) is 4.79 Å². The summed E-state index contributed by atoms with van der Waals surface area (Å²) in [6, 6.07) is 4.24. The second-order valence-corrected chi connectivity index (χ2v) is 5.96. The van der Waals surface area contributed by atoms with E-state index in [4.69, 9.17) is 14.6 Å². The standard InChI is InChI=1S/C18H23NO6/c1-12(20)13-7-8-15(16(11-13)24-2)25-10-4-6-17(21)19-9-3-5-14(19)18(22)23/h7-8,11,14H,3-6,9-10H2,1-2H3,(H,22,23)/t14-/m1/s1. The van der Waals surface area contributed by atoms with E-state index in [0.29, 0.717) is 43.1 Å². The van der Waals surface area contributed by atoms with Crippen molar-refractivity contribution in [1.29, 1.82) is 0 Å². The van der Waals surface area contributed by atoms with Crippen LogP contribution in [0, 0.1) is 0 Å². The summed E-state index contributed by atoms with van der Waals surface area (Å²) in [6.45, 7) is 2.27. The first-order valence-electron chi connectivity index (χ1n) is 8.28. The SMILES string of the molecule is COc1cc(C(C)=O)ccc1OCCCC(=O)N1CCC[C@@H]1C(=O)O. The number of methoxy groups -OCH3 is 1. The Morgan fingerprint density at radius 1 is 1.28 bits per heavy atom.